The second kappa shape index (κ2) is 6.44. The van der Waals surface area contributed by atoms with Gasteiger partial charge in [-0.1, -0.05) is 23.7 Å². The van der Waals surface area contributed by atoms with Gasteiger partial charge in [0, 0.05) is 16.4 Å². The summed E-state index contributed by atoms with van der Waals surface area (Å²) in [4.78, 5) is 5.84. The number of nitrogens with one attached hydrogen (secondary N) is 1. The van der Waals surface area contributed by atoms with Crippen molar-refractivity contribution in [1.29, 1.82) is 0 Å². The van der Waals surface area contributed by atoms with Crippen LogP contribution in [0, 0.1) is 13.8 Å². The third-order valence-electron chi connectivity index (χ3n) is 3.56. The van der Waals surface area contributed by atoms with Crippen molar-refractivity contribution in [3.63, 3.8) is 0 Å². The molecule has 1 aromatic heterocycles. The van der Waals surface area contributed by atoms with Crippen LogP contribution < -0.4 is 5.32 Å². The van der Waals surface area contributed by atoms with Gasteiger partial charge in [-0.3, -0.25) is 0 Å². The van der Waals surface area contributed by atoms with E-state index >= 15 is 0 Å². The molecule has 0 saturated carbocycles. The van der Waals surface area contributed by atoms with Gasteiger partial charge >= 0.3 is 0 Å². The first-order valence-corrected chi connectivity index (χ1v) is 8.12. The second-order valence-corrected chi connectivity index (χ2v) is 7.37. The summed E-state index contributed by atoms with van der Waals surface area (Å²) in [5.74, 6) is 0. The van der Waals surface area contributed by atoms with Gasteiger partial charge in [0.25, 0.3) is 0 Å². The first-order valence-electron chi connectivity index (χ1n) is 6.92. The van der Waals surface area contributed by atoms with E-state index in [1.807, 2.05) is 19.1 Å². The third kappa shape index (κ3) is 4.04. The van der Waals surface area contributed by atoms with Crippen molar-refractivity contribution in [2.24, 2.45) is 0 Å². The molecule has 0 radical (unpaired) electrons. The topological polar surface area (TPSA) is 45.2 Å². The summed E-state index contributed by atoms with van der Waals surface area (Å²) in [6, 6.07) is 7.27. The second-order valence-electron chi connectivity index (χ2n) is 5.73. The third-order valence-corrected chi connectivity index (χ3v) is 5.20. The molecule has 114 valence electrons. The highest BCUT2D eigenvalue weighted by Gasteiger charge is 2.25. The van der Waals surface area contributed by atoms with E-state index < -0.39 is 6.10 Å². The Morgan fingerprint density at radius 2 is 1.90 bits per heavy atom. The minimum Gasteiger partial charge on any atom is -0.387 e. The lowest BCUT2D eigenvalue weighted by Gasteiger charge is -2.25. The molecular formula is C16H21ClN2OS. The van der Waals surface area contributed by atoms with Crippen molar-refractivity contribution in [3.05, 3.63) is 50.4 Å². The van der Waals surface area contributed by atoms with Gasteiger partial charge in [-0.15, -0.1) is 11.3 Å². The van der Waals surface area contributed by atoms with Gasteiger partial charge in [-0.25, -0.2) is 4.98 Å². The zero-order valence-corrected chi connectivity index (χ0v) is 14.3. The van der Waals surface area contributed by atoms with E-state index in [1.54, 1.807) is 23.5 Å². The van der Waals surface area contributed by atoms with Crippen LogP contribution >= 0.6 is 22.9 Å². The lowest BCUT2D eigenvalue weighted by molar-refractivity contribution is 0.161. The number of aliphatic hydroxyl groups excluding tert-OH is 1. The molecule has 0 amide bonds. The molecular weight excluding hydrogens is 304 g/mol. The first-order chi connectivity index (χ1) is 9.79. The van der Waals surface area contributed by atoms with E-state index in [4.69, 9.17) is 11.6 Å². The summed E-state index contributed by atoms with van der Waals surface area (Å²) in [6.07, 6.45) is -0.566. The SMILES string of the molecule is Cc1nc(C(C)(C)NCC(O)c2ccc(Cl)cc2)sc1C. The van der Waals surface area contributed by atoms with Crippen molar-refractivity contribution < 1.29 is 5.11 Å². The van der Waals surface area contributed by atoms with E-state index in [2.05, 4.69) is 31.1 Å². The molecule has 1 heterocycles. The molecule has 0 aliphatic rings. The molecule has 1 unspecified atom stereocenters. The van der Waals surface area contributed by atoms with Gasteiger partial charge in [0.15, 0.2) is 0 Å². The summed E-state index contributed by atoms with van der Waals surface area (Å²) in [5, 5.41) is 15.4. The van der Waals surface area contributed by atoms with Crippen LogP contribution in [0.25, 0.3) is 0 Å². The van der Waals surface area contributed by atoms with E-state index in [0.717, 1.165) is 16.3 Å². The van der Waals surface area contributed by atoms with Crippen LogP contribution in [0.3, 0.4) is 0 Å². The summed E-state index contributed by atoms with van der Waals surface area (Å²) in [5.41, 5.74) is 1.66. The van der Waals surface area contributed by atoms with Crippen LogP contribution in [0.4, 0.5) is 0 Å². The van der Waals surface area contributed by atoms with Crippen molar-refractivity contribution in [2.75, 3.05) is 6.54 Å². The lowest BCUT2D eigenvalue weighted by Crippen LogP contribution is -2.39. The highest BCUT2D eigenvalue weighted by Crippen LogP contribution is 2.27. The maximum Gasteiger partial charge on any atom is 0.113 e. The molecule has 2 rings (SSSR count). The highest BCUT2D eigenvalue weighted by molar-refractivity contribution is 7.11. The molecule has 0 spiro atoms. The van der Waals surface area contributed by atoms with Crippen LogP contribution in [0.1, 0.15) is 41.1 Å². The largest absolute Gasteiger partial charge is 0.387 e. The summed E-state index contributed by atoms with van der Waals surface area (Å²) >= 11 is 7.56. The van der Waals surface area contributed by atoms with Crippen molar-refractivity contribution in [2.45, 2.75) is 39.3 Å². The maximum atomic E-state index is 10.3. The predicted molar refractivity (Wildman–Crippen MR) is 89.0 cm³/mol. The fourth-order valence-electron chi connectivity index (χ4n) is 1.97. The molecule has 2 N–H and O–H groups in total. The summed E-state index contributed by atoms with van der Waals surface area (Å²) in [6.45, 7) is 8.73. The molecule has 1 aromatic carbocycles. The first kappa shape index (κ1) is 16.4. The zero-order valence-electron chi connectivity index (χ0n) is 12.8. The van der Waals surface area contributed by atoms with Gasteiger partial charge in [0.1, 0.15) is 5.01 Å². The molecule has 0 aliphatic carbocycles. The van der Waals surface area contributed by atoms with Crippen LogP contribution in [0.2, 0.25) is 5.02 Å². The van der Waals surface area contributed by atoms with E-state index in [-0.39, 0.29) is 5.54 Å². The fourth-order valence-corrected chi connectivity index (χ4v) is 3.09. The Morgan fingerprint density at radius 1 is 1.29 bits per heavy atom. The summed E-state index contributed by atoms with van der Waals surface area (Å²) in [7, 11) is 0. The average molecular weight is 325 g/mol. The Balaban J connectivity index is 2.02. The molecule has 21 heavy (non-hydrogen) atoms. The Kier molecular flexibility index (Phi) is 5.04. The Morgan fingerprint density at radius 3 is 2.43 bits per heavy atom. The van der Waals surface area contributed by atoms with Crippen molar-refractivity contribution in [3.8, 4) is 0 Å². The molecule has 0 aliphatic heterocycles. The molecule has 1 atom stereocenters. The number of hydrogen-bond donors (Lipinski definition) is 2. The Bertz CT molecular complexity index is 588. The van der Waals surface area contributed by atoms with Gasteiger partial charge in [-0.2, -0.15) is 0 Å². The van der Waals surface area contributed by atoms with Crippen molar-refractivity contribution >= 4 is 22.9 Å². The van der Waals surface area contributed by atoms with Gasteiger partial charge in [0.2, 0.25) is 0 Å². The molecule has 2 aromatic rings. The minimum atomic E-state index is -0.566. The molecule has 3 nitrogen and oxygen atoms in total. The van der Waals surface area contributed by atoms with Gasteiger partial charge in [-0.05, 0) is 45.4 Å². The van der Waals surface area contributed by atoms with Crippen LogP contribution in [-0.2, 0) is 5.54 Å². The minimum absolute atomic E-state index is 0.267. The van der Waals surface area contributed by atoms with E-state index in [9.17, 15) is 5.11 Å². The van der Waals surface area contributed by atoms with Crippen LogP contribution in [0.15, 0.2) is 24.3 Å². The van der Waals surface area contributed by atoms with Crippen molar-refractivity contribution in [1.82, 2.24) is 10.3 Å². The number of aliphatic hydroxyl groups is 1. The summed E-state index contributed by atoms with van der Waals surface area (Å²) < 4.78 is 0. The number of rotatable bonds is 5. The van der Waals surface area contributed by atoms with E-state index in [0.29, 0.717) is 11.6 Å². The van der Waals surface area contributed by atoms with Crippen LogP contribution in [0.5, 0.6) is 0 Å². The Hall–Kier alpha value is -0.940. The molecule has 0 bridgehead atoms. The lowest BCUT2D eigenvalue weighted by atomic mass is 10.0. The smallest absolute Gasteiger partial charge is 0.113 e. The number of hydrogen-bond acceptors (Lipinski definition) is 4. The molecule has 5 heteroatoms. The van der Waals surface area contributed by atoms with E-state index in [1.165, 1.54) is 4.88 Å². The Labute approximate surface area is 135 Å². The number of nitrogens with zero attached hydrogens (tertiary/aromatic N) is 1. The van der Waals surface area contributed by atoms with Crippen LogP contribution in [-0.4, -0.2) is 16.6 Å². The molecule has 0 fully saturated rings. The number of benzene rings is 1. The molecule has 0 saturated heterocycles. The number of aromatic nitrogens is 1. The quantitative estimate of drug-likeness (QED) is 0.874. The monoisotopic (exact) mass is 324 g/mol. The van der Waals surface area contributed by atoms with Gasteiger partial charge < -0.3 is 10.4 Å². The number of aryl methyl sites for hydroxylation is 2. The standard InChI is InChI=1S/C16H21ClN2OS/c1-10-11(2)21-15(19-10)16(3,4)18-9-14(20)12-5-7-13(17)8-6-12/h5-8,14,18,20H,9H2,1-4H3. The number of thiazole rings is 1. The maximum absolute atomic E-state index is 10.3. The number of halogens is 1. The fraction of sp³-hybridized carbons (Fsp3) is 0.438. The normalized spacial score (nSPS) is 13.4. The average Bonchev–Trinajstić information content (AvgIpc) is 2.78. The highest BCUT2D eigenvalue weighted by atomic mass is 35.5. The zero-order chi connectivity index (χ0) is 15.6. The van der Waals surface area contributed by atoms with Gasteiger partial charge in [0.05, 0.1) is 17.3 Å². The predicted octanol–water partition coefficient (Wildman–Crippen LogP) is 3.97.